The third-order valence-electron chi connectivity index (χ3n) is 2.33. The van der Waals surface area contributed by atoms with Gasteiger partial charge in [0.2, 0.25) is 5.95 Å². The van der Waals surface area contributed by atoms with Gasteiger partial charge in [-0.3, -0.25) is 0 Å². The third kappa shape index (κ3) is 2.39. The second kappa shape index (κ2) is 4.58. The number of nitrogens with one attached hydrogen (secondary N) is 1. The van der Waals surface area contributed by atoms with Crippen LogP contribution in [0.1, 0.15) is 0 Å². The molecule has 1 N–H and O–H groups in total. The van der Waals surface area contributed by atoms with E-state index in [1.54, 1.807) is 23.7 Å². The molecule has 3 aromatic rings. The summed E-state index contributed by atoms with van der Waals surface area (Å²) in [4.78, 5) is 8.43. The molecule has 0 radical (unpaired) electrons. The van der Waals surface area contributed by atoms with Crippen LogP contribution in [0.15, 0.2) is 42.0 Å². The van der Waals surface area contributed by atoms with Crippen molar-refractivity contribution in [3.8, 4) is 0 Å². The molecule has 0 saturated heterocycles. The SMILES string of the molecule is Ic1cnc(Nc2ccc3sccc3c2)nc1. The van der Waals surface area contributed by atoms with Crippen LogP contribution >= 0.6 is 33.9 Å². The summed E-state index contributed by atoms with van der Waals surface area (Å²) in [6.45, 7) is 0. The van der Waals surface area contributed by atoms with Gasteiger partial charge in [-0.1, -0.05) is 0 Å². The first-order valence-corrected chi connectivity index (χ1v) is 6.99. The fourth-order valence-electron chi connectivity index (χ4n) is 1.55. The molecule has 0 aliphatic heterocycles. The number of benzene rings is 1. The Labute approximate surface area is 116 Å². The van der Waals surface area contributed by atoms with Crippen molar-refractivity contribution in [3.05, 3.63) is 45.6 Å². The van der Waals surface area contributed by atoms with E-state index in [2.05, 4.69) is 61.5 Å². The fraction of sp³-hybridized carbons (Fsp3) is 0. The summed E-state index contributed by atoms with van der Waals surface area (Å²) < 4.78 is 2.32. The molecule has 3 nitrogen and oxygen atoms in total. The van der Waals surface area contributed by atoms with Gasteiger partial charge < -0.3 is 5.32 Å². The Morgan fingerprint density at radius 3 is 2.76 bits per heavy atom. The maximum absolute atomic E-state index is 4.21. The summed E-state index contributed by atoms with van der Waals surface area (Å²) in [5.74, 6) is 0.625. The van der Waals surface area contributed by atoms with Crippen LogP contribution < -0.4 is 5.32 Å². The molecule has 5 heteroatoms. The molecule has 0 fully saturated rings. The second-order valence-electron chi connectivity index (χ2n) is 3.52. The highest BCUT2D eigenvalue weighted by Crippen LogP contribution is 2.25. The van der Waals surface area contributed by atoms with E-state index in [9.17, 15) is 0 Å². The van der Waals surface area contributed by atoms with Gasteiger partial charge in [0.15, 0.2) is 0 Å². The molecule has 0 aliphatic carbocycles. The molecule has 0 amide bonds. The van der Waals surface area contributed by atoms with Crippen molar-refractivity contribution in [2.75, 3.05) is 5.32 Å². The van der Waals surface area contributed by atoms with Crippen LogP contribution in [0.4, 0.5) is 11.6 Å². The van der Waals surface area contributed by atoms with Gasteiger partial charge in [0, 0.05) is 26.4 Å². The van der Waals surface area contributed by atoms with E-state index in [0.29, 0.717) is 5.95 Å². The van der Waals surface area contributed by atoms with Crippen molar-refractivity contribution < 1.29 is 0 Å². The minimum absolute atomic E-state index is 0.625. The quantitative estimate of drug-likeness (QED) is 0.707. The van der Waals surface area contributed by atoms with Gasteiger partial charge in [-0.25, -0.2) is 9.97 Å². The molecule has 0 saturated carbocycles. The predicted molar refractivity (Wildman–Crippen MR) is 79.9 cm³/mol. The van der Waals surface area contributed by atoms with Crippen molar-refractivity contribution in [1.82, 2.24) is 9.97 Å². The lowest BCUT2D eigenvalue weighted by molar-refractivity contribution is 1.15. The summed E-state index contributed by atoms with van der Waals surface area (Å²) in [6.07, 6.45) is 3.58. The lowest BCUT2D eigenvalue weighted by Crippen LogP contribution is -1.96. The molecule has 0 spiro atoms. The average Bonchev–Trinajstić information content (AvgIpc) is 2.79. The zero-order valence-electron chi connectivity index (χ0n) is 8.72. The number of aromatic nitrogens is 2. The molecule has 17 heavy (non-hydrogen) atoms. The van der Waals surface area contributed by atoms with Crippen LogP contribution in [0.25, 0.3) is 10.1 Å². The van der Waals surface area contributed by atoms with Crippen LogP contribution in [-0.4, -0.2) is 9.97 Å². The summed E-state index contributed by atoms with van der Waals surface area (Å²) in [6, 6.07) is 8.36. The van der Waals surface area contributed by atoms with E-state index in [1.807, 2.05) is 6.07 Å². The van der Waals surface area contributed by atoms with Crippen LogP contribution in [-0.2, 0) is 0 Å². The predicted octanol–water partition coefficient (Wildman–Crippen LogP) is 4.04. The van der Waals surface area contributed by atoms with Crippen molar-refractivity contribution in [1.29, 1.82) is 0 Å². The van der Waals surface area contributed by atoms with E-state index in [1.165, 1.54) is 10.1 Å². The zero-order valence-corrected chi connectivity index (χ0v) is 11.7. The van der Waals surface area contributed by atoms with Crippen LogP contribution in [0.2, 0.25) is 0 Å². The second-order valence-corrected chi connectivity index (χ2v) is 5.72. The van der Waals surface area contributed by atoms with Crippen LogP contribution in [0.5, 0.6) is 0 Å². The first kappa shape index (κ1) is 10.9. The number of hydrogen-bond acceptors (Lipinski definition) is 4. The van der Waals surface area contributed by atoms with E-state index in [4.69, 9.17) is 0 Å². The first-order valence-electron chi connectivity index (χ1n) is 5.03. The molecule has 84 valence electrons. The highest BCUT2D eigenvalue weighted by Gasteiger charge is 2.00. The minimum atomic E-state index is 0.625. The van der Waals surface area contributed by atoms with Gasteiger partial charge in [0.25, 0.3) is 0 Å². The van der Waals surface area contributed by atoms with E-state index in [0.717, 1.165) is 9.26 Å². The molecular formula is C12H8IN3S. The standard InChI is InChI=1S/C12H8IN3S/c13-9-6-14-12(15-7-9)16-10-1-2-11-8(5-10)3-4-17-11/h1-7H,(H,14,15,16). The summed E-state index contributed by atoms with van der Waals surface area (Å²) >= 11 is 3.93. The number of halogens is 1. The average molecular weight is 353 g/mol. The monoisotopic (exact) mass is 353 g/mol. The molecule has 3 rings (SSSR count). The maximum atomic E-state index is 4.21. The van der Waals surface area contributed by atoms with Gasteiger partial charge in [-0.2, -0.15) is 0 Å². The molecule has 0 aliphatic rings. The van der Waals surface area contributed by atoms with E-state index < -0.39 is 0 Å². The normalized spacial score (nSPS) is 10.6. The summed E-state index contributed by atoms with van der Waals surface area (Å²) in [7, 11) is 0. The van der Waals surface area contributed by atoms with E-state index in [-0.39, 0.29) is 0 Å². The smallest absolute Gasteiger partial charge is 0.227 e. The molecule has 2 heterocycles. The van der Waals surface area contributed by atoms with Gasteiger partial charge >= 0.3 is 0 Å². The topological polar surface area (TPSA) is 37.8 Å². The Hall–Kier alpha value is -1.21. The van der Waals surface area contributed by atoms with Gasteiger partial charge in [0.05, 0.1) is 0 Å². The Morgan fingerprint density at radius 1 is 1.12 bits per heavy atom. The third-order valence-corrected chi connectivity index (χ3v) is 3.78. The minimum Gasteiger partial charge on any atom is -0.324 e. The van der Waals surface area contributed by atoms with Crippen molar-refractivity contribution in [3.63, 3.8) is 0 Å². The fourth-order valence-corrected chi connectivity index (χ4v) is 2.60. The van der Waals surface area contributed by atoms with Crippen molar-refractivity contribution in [2.24, 2.45) is 0 Å². The maximum Gasteiger partial charge on any atom is 0.227 e. The molecule has 2 aromatic heterocycles. The van der Waals surface area contributed by atoms with E-state index >= 15 is 0 Å². The summed E-state index contributed by atoms with van der Waals surface area (Å²) in [5.41, 5.74) is 1.01. The van der Waals surface area contributed by atoms with Crippen LogP contribution in [0, 0.1) is 3.57 Å². The number of hydrogen-bond donors (Lipinski definition) is 1. The number of fused-ring (bicyclic) bond motifs is 1. The Morgan fingerprint density at radius 2 is 1.94 bits per heavy atom. The Balaban J connectivity index is 1.91. The lowest BCUT2D eigenvalue weighted by atomic mass is 10.2. The Kier molecular flexibility index (Phi) is 2.94. The highest BCUT2D eigenvalue weighted by atomic mass is 127. The van der Waals surface area contributed by atoms with Crippen LogP contribution in [0.3, 0.4) is 0 Å². The van der Waals surface area contributed by atoms with Crippen molar-refractivity contribution in [2.45, 2.75) is 0 Å². The Bertz CT molecular complexity index is 648. The van der Waals surface area contributed by atoms with Crippen molar-refractivity contribution >= 4 is 55.6 Å². The van der Waals surface area contributed by atoms with Gasteiger partial charge in [-0.15, -0.1) is 11.3 Å². The number of anilines is 2. The number of thiophene rings is 1. The number of nitrogens with zero attached hydrogens (tertiary/aromatic N) is 2. The summed E-state index contributed by atoms with van der Waals surface area (Å²) in [5, 5.41) is 6.53. The molecule has 1 aromatic carbocycles. The largest absolute Gasteiger partial charge is 0.324 e. The molecular weight excluding hydrogens is 345 g/mol. The molecule has 0 unspecified atom stereocenters. The van der Waals surface area contributed by atoms with Gasteiger partial charge in [-0.05, 0) is 57.6 Å². The number of rotatable bonds is 2. The lowest BCUT2D eigenvalue weighted by Gasteiger charge is -2.04. The highest BCUT2D eigenvalue weighted by molar-refractivity contribution is 14.1. The molecule has 0 atom stereocenters. The van der Waals surface area contributed by atoms with Gasteiger partial charge in [0.1, 0.15) is 0 Å². The zero-order chi connectivity index (χ0) is 11.7. The first-order chi connectivity index (χ1) is 8.31. The molecule has 0 bridgehead atoms.